The van der Waals surface area contributed by atoms with Gasteiger partial charge < -0.3 is 9.84 Å². The molecule has 0 saturated carbocycles. The van der Waals surface area contributed by atoms with Crippen molar-refractivity contribution in [2.24, 2.45) is 0 Å². The molecule has 1 unspecified atom stereocenters. The van der Waals surface area contributed by atoms with Crippen molar-refractivity contribution < 1.29 is 14.6 Å². The molecule has 3 heteroatoms. The first kappa shape index (κ1) is 15.1. The summed E-state index contributed by atoms with van der Waals surface area (Å²) in [5, 5.41) is 9.40. The maximum Gasteiger partial charge on any atom is 0.345 e. The van der Waals surface area contributed by atoms with Crippen LogP contribution in [0.4, 0.5) is 0 Å². The van der Waals surface area contributed by atoms with Crippen LogP contribution in [0.5, 0.6) is 5.75 Å². The third-order valence-corrected chi connectivity index (χ3v) is 3.34. The first-order valence-electron chi connectivity index (χ1n) is 6.98. The Kier molecular flexibility index (Phi) is 4.63. The summed E-state index contributed by atoms with van der Waals surface area (Å²) >= 11 is 0. The average molecular weight is 284 g/mol. The largest absolute Gasteiger partial charge is 0.478 e. The number of para-hydroxylation sites is 1. The number of hydrogen-bond acceptors (Lipinski definition) is 2. The van der Waals surface area contributed by atoms with Gasteiger partial charge in [0.1, 0.15) is 5.75 Å². The number of benzene rings is 2. The first-order valence-corrected chi connectivity index (χ1v) is 6.98. The highest BCUT2D eigenvalue weighted by Crippen LogP contribution is 2.20. The molecule has 110 valence electrons. The minimum absolute atomic E-state index is 0.353. The molecular weight excluding hydrogens is 264 g/mol. The fraction of sp³-hybridized carbons (Fsp3) is 0.278. The fourth-order valence-electron chi connectivity index (χ4n) is 2.42. The Labute approximate surface area is 125 Å². The molecule has 0 heterocycles. The summed E-state index contributed by atoms with van der Waals surface area (Å²) in [6.45, 7) is 5.92. The molecule has 3 nitrogen and oxygen atoms in total. The van der Waals surface area contributed by atoms with E-state index in [1.807, 2.05) is 51.1 Å². The number of ether oxygens (including phenoxy) is 1. The van der Waals surface area contributed by atoms with Gasteiger partial charge in [0.25, 0.3) is 0 Å². The van der Waals surface area contributed by atoms with Gasteiger partial charge in [-0.15, -0.1) is 0 Å². The fourth-order valence-corrected chi connectivity index (χ4v) is 2.42. The van der Waals surface area contributed by atoms with E-state index in [4.69, 9.17) is 4.74 Å². The quantitative estimate of drug-likeness (QED) is 0.911. The van der Waals surface area contributed by atoms with Gasteiger partial charge in [0.05, 0.1) is 0 Å². The lowest BCUT2D eigenvalue weighted by molar-refractivity contribution is -0.145. The standard InChI is InChI=1S/C18H20O3/c1-12-8-13(2)10-15(9-12)11-17(18(19)20)21-16-7-5-4-6-14(16)3/h4-10,17H,11H2,1-3H3,(H,19,20). The van der Waals surface area contributed by atoms with Crippen LogP contribution in [0.1, 0.15) is 22.3 Å². The van der Waals surface area contributed by atoms with Gasteiger partial charge in [-0.2, -0.15) is 0 Å². The Bertz CT molecular complexity index is 626. The summed E-state index contributed by atoms with van der Waals surface area (Å²) in [7, 11) is 0. The van der Waals surface area contributed by atoms with Crippen LogP contribution in [0.15, 0.2) is 42.5 Å². The smallest absolute Gasteiger partial charge is 0.345 e. The Morgan fingerprint density at radius 2 is 1.71 bits per heavy atom. The maximum absolute atomic E-state index is 11.5. The Balaban J connectivity index is 2.20. The van der Waals surface area contributed by atoms with E-state index in [9.17, 15) is 9.90 Å². The van der Waals surface area contributed by atoms with Gasteiger partial charge in [-0.3, -0.25) is 0 Å². The molecule has 0 aliphatic rings. The number of carboxylic acids is 1. The lowest BCUT2D eigenvalue weighted by Gasteiger charge is -2.17. The molecule has 0 aliphatic heterocycles. The Morgan fingerprint density at radius 1 is 1.10 bits per heavy atom. The summed E-state index contributed by atoms with van der Waals surface area (Å²) in [6, 6.07) is 13.5. The van der Waals surface area contributed by atoms with Crippen molar-refractivity contribution in [2.45, 2.75) is 33.3 Å². The van der Waals surface area contributed by atoms with Crippen LogP contribution in [0.2, 0.25) is 0 Å². The molecule has 0 amide bonds. The maximum atomic E-state index is 11.5. The predicted octanol–water partition coefficient (Wildman–Crippen LogP) is 3.69. The molecule has 1 atom stereocenters. The molecule has 0 saturated heterocycles. The van der Waals surface area contributed by atoms with Gasteiger partial charge in [0, 0.05) is 6.42 Å². The molecule has 2 aromatic carbocycles. The summed E-state index contributed by atoms with van der Waals surface area (Å²) < 4.78 is 5.69. The molecule has 2 aromatic rings. The Morgan fingerprint density at radius 3 is 2.29 bits per heavy atom. The lowest BCUT2D eigenvalue weighted by Crippen LogP contribution is -2.29. The minimum Gasteiger partial charge on any atom is -0.478 e. The molecule has 0 radical (unpaired) electrons. The highest BCUT2D eigenvalue weighted by atomic mass is 16.5. The van der Waals surface area contributed by atoms with E-state index >= 15 is 0 Å². The van der Waals surface area contributed by atoms with E-state index in [2.05, 4.69) is 6.07 Å². The number of carboxylic acid groups (broad SMARTS) is 1. The van der Waals surface area contributed by atoms with E-state index < -0.39 is 12.1 Å². The van der Waals surface area contributed by atoms with Gasteiger partial charge in [0.15, 0.2) is 6.10 Å². The molecule has 0 spiro atoms. The number of aryl methyl sites for hydroxylation is 3. The highest BCUT2D eigenvalue weighted by Gasteiger charge is 2.21. The molecule has 21 heavy (non-hydrogen) atoms. The van der Waals surface area contributed by atoms with Crippen LogP contribution in [-0.2, 0) is 11.2 Å². The lowest BCUT2D eigenvalue weighted by atomic mass is 10.0. The summed E-state index contributed by atoms with van der Waals surface area (Å²) in [6.07, 6.45) is -0.529. The van der Waals surface area contributed by atoms with Crippen molar-refractivity contribution in [3.8, 4) is 5.75 Å². The normalized spacial score (nSPS) is 12.0. The highest BCUT2D eigenvalue weighted by molar-refractivity contribution is 5.73. The molecule has 0 aliphatic carbocycles. The molecule has 0 bridgehead atoms. The number of hydrogen-bond donors (Lipinski definition) is 1. The van der Waals surface area contributed by atoms with Crippen molar-refractivity contribution in [3.63, 3.8) is 0 Å². The summed E-state index contributed by atoms with van der Waals surface area (Å²) in [5.41, 5.74) is 4.17. The zero-order valence-corrected chi connectivity index (χ0v) is 12.6. The van der Waals surface area contributed by atoms with Crippen molar-refractivity contribution in [2.75, 3.05) is 0 Å². The van der Waals surface area contributed by atoms with Crippen LogP contribution < -0.4 is 4.74 Å². The van der Waals surface area contributed by atoms with Gasteiger partial charge in [-0.05, 0) is 38.0 Å². The third kappa shape index (κ3) is 4.09. The number of aliphatic carboxylic acids is 1. The molecular formula is C18H20O3. The van der Waals surface area contributed by atoms with Gasteiger partial charge >= 0.3 is 5.97 Å². The second-order valence-electron chi connectivity index (χ2n) is 5.41. The van der Waals surface area contributed by atoms with E-state index in [-0.39, 0.29) is 0 Å². The molecule has 0 fully saturated rings. The molecule has 1 N–H and O–H groups in total. The average Bonchev–Trinajstić information content (AvgIpc) is 2.39. The third-order valence-electron chi connectivity index (χ3n) is 3.34. The van der Waals surface area contributed by atoms with E-state index in [1.54, 1.807) is 6.07 Å². The van der Waals surface area contributed by atoms with Crippen LogP contribution in [0.3, 0.4) is 0 Å². The summed E-state index contributed by atoms with van der Waals surface area (Å²) in [5.74, 6) is -0.327. The number of rotatable bonds is 5. The van der Waals surface area contributed by atoms with Crippen LogP contribution in [0.25, 0.3) is 0 Å². The predicted molar refractivity (Wildman–Crippen MR) is 82.9 cm³/mol. The van der Waals surface area contributed by atoms with Crippen molar-refractivity contribution in [1.29, 1.82) is 0 Å². The van der Waals surface area contributed by atoms with E-state index in [0.717, 1.165) is 22.3 Å². The first-order chi connectivity index (χ1) is 9.95. The van der Waals surface area contributed by atoms with Crippen molar-refractivity contribution in [3.05, 3.63) is 64.7 Å². The van der Waals surface area contributed by atoms with Crippen molar-refractivity contribution in [1.82, 2.24) is 0 Å². The molecule has 0 aromatic heterocycles. The minimum atomic E-state index is -0.947. The van der Waals surface area contributed by atoms with E-state index in [1.165, 1.54) is 0 Å². The Hall–Kier alpha value is -2.29. The monoisotopic (exact) mass is 284 g/mol. The van der Waals surface area contributed by atoms with Crippen molar-refractivity contribution >= 4 is 5.97 Å². The van der Waals surface area contributed by atoms with E-state index in [0.29, 0.717) is 12.2 Å². The SMILES string of the molecule is Cc1cc(C)cc(CC(Oc2ccccc2C)C(=O)O)c1. The zero-order chi connectivity index (χ0) is 15.4. The zero-order valence-electron chi connectivity index (χ0n) is 12.6. The van der Waals surface area contributed by atoms with Crippen LogP contribution in [0, 0.1) is 20.8 Å². The van der Waals surface area contributed by atoms with Crippen LogP contribution >= 0.6 is 0 Å². The number of carbonyl (C=O) groups is 1. The van der Waals surface area contributed by atoms with Crippen LogP contribution in [-0.4, -0.2) is 17.2 Å². The second kappa shape index (κ2) is 6.44. The topological polar surface area (TPSA) is 46.5 Å². The van der Waals surface area contributed by atoms with Gasteiger partial charge in [0.2, 0.25) is 0 Å². The summed E-state index contributed by atoms with van der Waals surface area (Å²) in [4.78, 5) is 11.5. The van der Waals surface area contributed by atoms with Gasteiger partial charge in [-0.25, -0.2) is 4.79 Å². The molecule has 2 rings (SSSR count). The van der Waals surface area contributed by atoms with Gasteiger partial charge in [-0.1, -0.05) is 47.5 Å². The second-order valence-corrected chi connectivity index (χ2v) is 5.41.